The number of aromatic nitrogens is 3. The highest BCUT2D eigenvalue weighted by molar-refractivity contribution is 5.97. The highest BCUT2D eigenvalue weighted by atomic mass is 16.5. The first-order valence-corrected chi connectivity index (χ1v) is 9.44. The highest BCUT2D eigenvalue weighted by Gasteiger charge is 2.13. The van der Waals surface area contributed by atoms with Gasteiger partial charge in [0.05, 0.1) is 16.6 Å². The number of aryl methyl sites for hydroxylation is 2. The highest BCUT2D eigenvalue weighted by Crippen LogP contribution is 2.22. The average Bonchev–Trinajstić information content (AvgIpc) is 3.17. The fraction of sp³-hybridized carbons (Fsp3) is 0.130. The number of anilines is 1. The number of hydrogen-bond donors (Lipinski definition) is 2. The van der Waals surface area contributed by atoms with Crippen molar-refractivity contribution in [3.63, 3.8) is 0 Å². The minimum Gasteiger partial charge on any atom is -0.452 e. The summed E-state index contributed by atoms with van der Waals surface area (Å²) in [6.07, 6.45) is 1.64. The maximum absolute atomic E-state index is 12.4. The second kappa shape index (κ2) is 8.16. The molecule has 0 aliphatic heterocycles. The van der Waals surface area contributed by atoms with Crippen molar-refractivity contribution in [1.29, 1.82) is 0 Å². The molecule has 2 heterocycles. The Labute approximate surface area is 173 Å². The average molecular weight is 400 g/mol. The smallest absolute Gasteiger partial charge is 0.338 e. The molecule has 0 bridgehead atoms. The predicted molar refractivity (Wildman–Crippen MR) is 114 cm³/mol. The van der Waals surface area contributed by atoms with Crippen LogP contribution >= 0.6 is 0 Å². The van der Waals surface area contributed by atoms with E-state index in [1.54, 1.807) is 30.5 Å². The van der Waals surface area contributed by atoms with Gasteiger partial charge in [0.1, 0.15) is 11.6 Å². The van der Waals surface area contributed by atoms with Gasteiger partial charge in [-0.3, -0.25) is 4.79 Å². The number of pyridine rings is 1. The zero-order chi connectivity index (χ0) is 21.1. The topological polar surface area (TPSA) is 97.0 Å². The first-order chi connectivity index (χ1) is 14.5. The number of esters is 1. The Kier molecular flexibility index (Phi) is 5.26. The Hall–Kier alpha value is -4.00. The molecular weight excluding hydrogens is 380 g/mol. The lowest BCUT2D eigenvalue weighted by Crippen LogP contribution is -2.21. The molecule has 0 saturated heterocycles. The summed E-state index contributed by atoms with van der Waals surface area (Å²) in [4.78, 5) is 36.2. The van der Waals surface area contributed by atoms with Gasteiger partial charge >= 0.3 is 5.97 Å². The third kappa shape index (κ3) is 4.35. The number of rotatable bonds is 5. The Morgan fingerprint density at radius 2 is 1.77 bits per heavy atom. The molecule has 4 rings (SSSR count). The zero-order valence-corrected chi connectivity index (χ0v) is 16.6. The molecule has 1 amide bonds. The normalized spacial score (nSPS) is 10.7. The molecule has 7 nitrogen and oxygen atoms in total. The van der Waals surface area contributed by atoms with Gasteiger partial charge in [-0.2, -0.15) is 0 Å². The van der Waals surface area contributed by atoms with Crippen LogP contribution in [0.2, 0.25) is 0 Å². The van der Waals surface area contributed by atoms with E-state index in [9.17, 15) is 9.59 Å². The maximum atomic E-state index is 12.4. The minimum atomic E-state index is -0.588. The van der Waals surface area contributed by atoms with E-state index >= 15 is 0 Å². The molecule has 0 saturated carbocycles. The SMILES string of the molecule is Cc1ccc(-c2nc3ccc(C(=O)OCC(=O)Nc4ccc(C)cn4)cc3[nH]2)cc1. The number of nitrogens with one attached hydrogen (secondary N) is 2. The Bertz CT molecular complexity index is 1210. The standard InChI is InChI=1S/C23H20N4O3/c1-14-3-6-16(7-4-14)22-25-18-9-8-17(11-19(18)26-22)23(29)30-13-21(28)27-20-10-5-15(2)12-24-20/h3-12H,13H2,1-2H3,(H,25,26)(H,24,27,28). The number of nitrogens with zero attached hydrogens (tertiary/aromatic N) is 2. The van der Waals surface area contributed by atoms with Crippen LogP contribution in [0.15, 0.2) is 60.8 Å². The molecule has 0 fully saturated rings. The molecule has 7 heteroatoms. The Morgan fingerprint density at radius 1 is 1.00 bits per heavy atom. The van der Waals surface area contributed by atoms with E-state index in [4.69, 9.17) is 4.74 Å². The van der Waals surface area contributed by atoms with Crippen LogP contribution in [-0.4, -0.2) is 33.4 Å². The van der Waals surface area contributed by atoms with Crippen LogP contribution in [0.4, 0.5) is 5.82 Å². The molecule has 0 atom stereocenters. The van der Waals surface area contributed by atoms with Crippen molar-refractivity contribution in [1.82, 2.24) is 15.0 Å². The van der Waals surface area contributed by atoms with Crippen molar-refractivity contribution >= 4 is 28.7 Å². The first kappa shape index (κ1) is 19.3. The van der Waals surface area contributed by atoms with E-state index in [0.29, 0.717) is 16.9 Å². The summed E-state index contributed by atoms with van der Waals surface area (Å²) in [5.41, 5.74) is 4.91. The van der Waals surface area contributed by atoms with Crippen molar-refractivity contribution in [3.8, 4) is 11.4 Å². The summed E-state index contributed by atoms with van der Waals surface area (Å²) in [5, 5.41) is 2.59. The Morgan fingerprint density at radius 3 is 2.50 bits per heavy atom. The van der Waals surface area contributed by atoms with Crippen LogP contribution in [0.5, 0.6) is 0 Å². The lowest BCUT2D eigenvalue weighted by Gasteiger charge is -2.06. The maximum Gasteiger partial charge on any atom is 0.338 e. The van der Waals surface area contributed by atoms with Crippen LogP contribution in [0.3, 0.4) is 0 Å². The van der Waals surface area contributed by atoms with Gasteiger partial charge in [-0.05, 0) is 43.7 Å². The van der Waals surface area contributed by atoms with E-state index in [2.05, 4.69) is 20.3 Å². The number of benzene rings is 2. The zero-order valence-electron chi connectivity index (χ0n) is 16.6. The van der Waals surface area contributed by atoms with Gasteiger partial charge < -0.3 is 15.0 Å². The Balaban J connectivity index is 1.42. The fourth-order valence-corrected chi connectivity index (χ4v) is 2.92. The van der Waals surface area contributed by atoms with Gasteiger partial charge in [-0.15, -0.1) is 0 Å². The number of H-pyrrole nitrogens is 1. The molecule has 2 N–H and O–H groups in total. The van der Waals surface area contributed by atoms with Gasteiger partial charge in [0.15, 0.2) is 6.61 Å². The molecule has 0 unspecified atom stereocenters. The minimum absolute atomic E-state index is 0.336. The summed E-state index contributed by atoms with van der Waals surface area (Å²) in [5.74, 6) is 0.0871. The van der Waals surface area contributed by atoms with Gasteiger partial charge in [0, 0.05) is 11.8 Å². The number of imidazole rings is 1. The fourth-order valence-electron chi connectivity index (χ4n) is 2.92. The van der Waals surface area contributed by atoms with E-state index in [0.717, 1.165) is 22.5 Å². The molecule has 2 aromatic heterocycles. The largest absolute Gasteiger partial charge is 0.452 e. The summed E-state index contributed by atoms with van der Waals surface area (Å²) in [7, 11) is 0. The van der Waals surface area contributed by atoms with Crippen molar-refractivity contribution in [3.05, 3.63) is 77.5 Å². The number of aromatic amines is 1. The van der Waals surface area contributed by atoms with E-state index < -0.39 is 18.5 Å². The molecule has 0 aliphatic carbocycles. The summed E-state index contributed by atoms with van der Waals surface area (Å²) in [6, 6.07) is 16.6. The van der Waals surface area contributed by atoms with Crippen LogP contribution in [0.1, 0.15) is 21.5 Å². The lowest BCUT2D eigenvalue weighted by molar-refractivity contribution is -0.119. The first-order valence-electron chi connectivity index (χ1n) is 9.44. The van der Waals surface area contributed by atoms with E-state index in [-0.39, 0.29) is 0 Å². The van der Waals surface area contributed by atoms with Gasteiger partial charge in [-0.1, -0.05) is 35.9 Å². The van der Waals surface area contributed by atoms with Crippen molar-refractivity contribution < 1.29 is 14.3 Å². The molecular formula is C23H20N4O3. The van der Waals surface area contributed by atoms with E-state index in [1.165, 1.54) is 5.56 Å². The lowest BCUT2D eigenvalue weighted by atomic mass is 10.1. The summed E-state index contributed by atoms with van der Waals surface area (Å²) in [6.45, 7) is 3.53. The molecule has 0 radical (unpaired) electrons. The van der Waals surface area contributed by atoms with Crippen LogP contribution < -0.4 is 5.32 Å². The number of fused-ring (bicyclic) bond motifs is 1. The van der Waals surface area contributed by atoms with Crippen LogP contribution in [0.25, 0.3) is 22.4 Å². The van der Waals surface area contributed by atoms with Gasteiger partial charge in [0.2, 0.25) is 0 Å². The van der Waals surface area contributed by atoms with Crippen molar-refractivity contribution in [2.75, 3.05) is 11.9 Å². The molecule has 4 aromatic rings. The van der Waals surface area contributed by atoms with E-state index in [1.807, 2.05) is 44.2 Å². The van der Waals surface area contributed by atoms with Crippen molar-refractivity contribution in [2.45, 2.75) is 13.8 Å². The number of ether oxygens (including phenoxy) is 1. The molecule has 30 heavy (non-hydrogen) atoms. The van der Waals surface area contributed by atoms with Gasteiger partial charge in [-0.25, -0.2) is 14.8 Å². The van der Waals surface area contributed by atoms with Crippen LogP contribution in [-0.2, 0) is 9.53 Å². The van der Waals surface area contributed by atoms with Gasteiger partial charge in [0.25, 0.3) is 5.91 Å². The summed E-state index contributed by atoms with van der Waals surface area (Å²) < 4.78 is 5.13. The number of carbonyl (C=O) groups excluding carboxylic acids is 2. The third-order valence-electron chi connectivity index (χ3n) is 4.56. The predicted octanol–water partition coefficient (Wildman–Crippen LogP) is 4.04. The summed E-state index contributed by atoms with van der Waals surface area (Å²) >= 11 is 0. The molecule has 0 spiro atoms. The third-order valence-corrected chi connectivity index (χ3v) is 4.56. The number of amides is 1. The number of carbonyl (C=O) groups is 2. The second-order valence-corrected chi connectivity index (χ2v) is 7.03. The van der Waals surface area contributed by atoms with Crippen LogP contribution in [0, 0.1) is 13.8 Å². The molecule has 0 aliphatic rings. The monoisotopic (exact) mass is 400 g/mol. The number of hydrogen-bond acceptors (Lipinski definition) is 5. The molecule has 2 aromatic carbocycles. The quantitative estimate of drug-likeness (QED) is 0.493. The van der Waals surface area contributed by atoms with Crippen molar-refractivity contribution in [2.24, 2.45) is 0 Å². The second-order valence-electron chi connectivity index (χ2n) is 7.03. The molecule has 150 valence electrons.